The van der Waals surface area contributed by atoms with E-state index in [2.05, 4.69) is 20.1 Å². The van der Waals surface area contributed by atoms with Crippen molar-refractivity contribution in [3.05, 3.63) is 84.3 Å². The fraction of sp³-hybridized carbons (Fsp3) is 0.200. The molecule has 0 aliphatic carbocycles. The highest BCUT2D eigenvalue weighted by Crippen LogP contribution is 2.38. The molecule has 2 aromatic heterocycles. The number of benzene rings is 2. The molecule has 142 valence electrons. The zero-order chi connectivity index (χ0) is 19.7. The van der Waals surface area contributed by atoms with Crippen molar-refractivity contribution < 1.29 is 13.9 Å². The topological polar surface area (TPSA) is 76.7 Å². The first-order chi connectivity index (χ1) is 13.5. The van der Waals surface area contributed by atoms with Gasteiger partial charge in [-0.05, 0) is 12.1 Å². The van der Waals surface area contributed by atoms with Crippen LogP contribution < -0.4 is 0 Å². The summed E-state index contributed by atoms with van der Waals surface area (Å²) in [6.45, 7) is 1.59. The molecule has 0 saturated carbocycles. The maximum Gasteiger partial charge on any atom is 0.137 e. The number of aromatic nitrogens is 5. The number of fused-ring (bicyclic) bond motifs is 1. The van der Waals surface area contributed by atoms with Crippen LogP contribution in [0.2, 0.25) is 0 Å². The highest BCUT2D eigenvalue weighted by atomic mass is 19.1. The monoisotopic (exact) mass is 381 g/mol. The molecule has 0 aliphatic heterocycles. The molecular weight excluding hydrogens is 364 g/mol. The van der Waals surface area contributed by atoms with Gasteiger partial charge < -0.3 is 5.11 Å². The molecule has 2 atom stereocenters. The number of nitrogens with zero attached hydrogens (tertiary/aromatic N) is 5. The van der Waals surface area contributed by atoms with E-state index in [1.807, 2.05) is 24.3 Å². The molecule has 0 spiro atoms. The van der Waals surface area contributed by atoms with E-state index < -0.39 is 23.2 Å². The van der Waals surface area contributed by atoms with Crippen molar-refractivity contribution in [1.82, 2.24) is 24.7 Å². The number of hydrogen-bond donors (Lipinski definition) is 1. The van der Waals surface area contributed by atoms with Gasteiger partial charge in [-0.2, -0.15) is 5.10 Å². The summed E-state index contributed by atoms with van der Waals surface area (Å²) in [5, 5.41) is 16.5. The second kappa shape index (κ2) is 7.05. The van der Waals surface area contributed by atoms with Crippen LogP contribution in [-0.2, 0) is 12.1 Å². The average Bonchev–Trinajstić information content (AvgIpc) is 3.19. The van der Waals surface area contributed by atoms with Gasteiger partial charge in [0, 0.05) is 23.2 Å². The van der Waals surface area contributed by atoms with Crippen LogP contribution in [0, 0.1) is 11.6 Å². The summed E-state index contributed by atoms with van der Waals surface area (Å²) in [5.41, 5.74) is -1.13. The average molecular weight is 381 g/mol. The minimum atomic E-state index is -1.78. The number of aliphatic hydroxyl groups is 1. The molecular formula is C20H17F2N5O. The number of rotatable bonds is 5. The van der Waals surface area contributed by atoms with Crippen LogP contribution in [0.5, 0.6) is 0 Å². The molecule has 0 amide bonds. The van der Waals surface area contributed by atoms with Gasteiger partial charge in [-0.1, -0.05) is 31.2 Å². The second-order valence-corrected chi connectivity index (χ2v) is 6.65. The summed E-state index contributed by atoms with van der Waals surface area (Å²) >= 11 is 0. The van der Waals surface area contributed by atoms with Crippen LogP contribution in [-0.4, -0.2) is 29.8 Å². The molecule has 0 fully saturated rings. The lowest BCUT2D eigenvalue weighted by Crippen LogP contribution is -2.39. The molecule has 0 radical (unpaired) electrons. The van der Waals surface area contributed by atoms with Crippen molar-refractivity contribution in [2.24, 2.45) is 0 Å². The van der Waals surface area contributed by atoms with Crippen molar-refractivity contribution in [2.75, 3.05) is 0 Å². The molecule has 1 N–H and O–H groups in total. The Morgan fingerprint density at radius 3 is 2.75 bits per heavy atom. The third kappa shape index (κ3) is 3.22. The molecule has 4 rings (SSSR count). The van der Waals surface area contributed by atoms with Gasteiger partial charge in [0.25, 0.3) is 0 Å². The lowest BCUT2D eigenvalue weighted by molar-refractivity contribution is -0.0134. The predicted octanol–water partition coefficient (Wildman–Crippen LogP) is 3.19. The fourth-order valence-corrected chi connectivity index (χ4v) is 3.27. The van der Waals surface area contributed by atoms with Gasteiger partial charge in [0.15, 0.2) is 0 Å². The maximum absolute atomic E-state index is 14.6. The highest BCUT2D eigenvalue weighted by Gasteiger charge is 2.41. The molecule has 8 heteroatoms. The zero-order valence-electron chi connectivity index (χ0n) is 15.0. The van der Waals surface area contributed by atoms with Gasteiger partial charge >= 0.3 is 0 Å². The molecule has 6 nitrogen and oxygen atoms in total. The molecule has 2 aromatic carbocycles. The molecule has 2 heterocycles. The third-order valence-electron chi connectivity index (χ3n) is 4.88. The van der Waals surface area contributed by atoms with Crippen molar-refractivity contribution in [1.29, 1.82) is 0 Å². The summed E-state index contributed by atoms with van der Waals surface area (Å²) in [5.74, 6) is -1.96. The predicted molar refractivity (Wildman–Crippen MR) is 98.2 cm³/mol. The lowest BCUT2D eigenvalue weighted by Gasteiger charge is -2.34. The van der Waals surface area contributed by atoms with E-state index in [0.29, 0.717) is 11.3 Å². The van der Waals surface area contributed by atoms with Crippen LogP contribution in [0.4, 0.5) is 8.78 Å². The van der Waals surface area contributed by atoms with E-state index in [9.17, 15) is 13.9 Å². The summed E-state index contributed by atoms with van der Waals surface area (Å²) in [7, 11) is 0. The van der Waals surface area contributed by atoms with Gasteiger partial charge in [-0.25, -0.2) is 28.4 Å². The molecule has 28 heavy (non-hydrogen) atoms. The van der Waals surface area contributed by atoms with Gasteiger partial charge in [0.2, 0.25) is 0 Å². The van der Waals surface area contributed by atoms with Crippen molar-refractivity contribution in [2.45, 2.75) is 25.0 Å². The first kappa shape index (κ1) is 18.1. The maximum atomic E-state index is 14.6. The summed E-state index contributed by atoms with van der Waals surface area (Å²) < 4.78 is 29.4. The van der Waals surface area contributed by atoms with Gasteiger partial charge in [-0.15, -0.1) is 0 Å². The van der Waals surface area contributed by atoms with Crippen LogP contribution >= 0.6 is 0 Å². The summed E-state index contributed by atoms with van der Waals surface area (Å²) in [4.78, 5) is 12.8. The first-order valence-electron chi connectivity index (χ1n) is 8.69. The third-order valence-corrected chi connectivity index (χ3v) is 4.88. The van der Waals surface area contributed by atoms with E-state index >= 15 is 0 Å². The van der Waals surface area contributed by atoms with E-state index in [1.54, 1.807) is 13.1 Å². The first-order valence-corrected chi connectivity index (χ1v) is 8.69. The quantitative estimate of drug-likeness (QED) is 0.575. The Kier molecular flexibility index (Phi) is 4.56. The molecule has 0 aliphatic rings. The van der Waals surface area contributed by atoms with Gasteiger partial charge in [0.1, 0.15) is 35.7 Å². The lowest BCUT2D eigenvalue weighted by atomic mass is 9.81. The van der Waals surface area contributed by atoms with E-state index in [0.717, 1.165) is 17.5 Å². The van der Waals surface area contributed by atoms with Crippen LogP contribution in [0.15, 0.2) is 61.3 Å². The smallest absolute Gasteiger partial charge is 0.137 e. The van der Waals surface area contributed by atoms with Gasteiger partial charge in [-0.3, -0.25) is 0 Å². The molecule has 2 unspecified atom stereocenters. The second-order valence-electron chi connectivity index (χ2n) is 6.65. The Bertz CT molecular complexity index is 1120. The Balaban J connectivity index is 1.83. The number of hydrogen-bond acceptors (Lipinski definition) is 5. The van der Waals surface area contributed by atoms with E-state index in [1.165, 1.54) is 23.4 Å². The van der Waals surface area contributed by atoms with Gasteiger partial charge in [0.05, 0.1) is 18.0 Å². The fourth-order valence-electron chi connectivity index (χ4n) is 3.27. The zero-order valence-corrected chi connectivity index (χ0v) is 15.0. The molecule has 4 aromatic rings. The Morgan fingerprint density at radius 2 is 2.00 bits per heavy atom. The minimum absolute atomic E-state index is 0.0614. The van der Waals surface area contributed by atoms with Crippen LogP contribution in [0.3, 0.4) is 0 Å². The Labute approximate surface area is 159 Å². The van der Waals surface area contributed by atoms with Crippen molar-refractivity contribution in [3.8, 4) is 0 Å². The Morgan fingerprint density at radius 1 is 1.18 bits per heavy atom. The number of halogens is 2. The molecule has 0 saturated heterocycles. The summed E-state index contributed by atoms with van der Waals surface area (Å²) in [6, 6.07) is 10.5. The minimum Gasteiger partial charge on any atom is -0.382 e. The van der Waals surface area contributed by atoms with Crippen LogP contribution in [0.25, 0.3) is 10.9 Å². The van der Waals surface area contributed by atoms with Crippen molar-refractivity contribution >= 4 is 10.9 Å². The number of para-hydroxylation sites is 1. The standard InChI is InChI=1S/C20H17F2N5O/c1-13(19-24-9-14-4-2-3-5-18(14)26-19)20(28,10-27-12-23-11-25-27)16-7-6-15(21)8-17(16)22/h2-9,11-13,28H,10H2,1H3. The Hall–Kier alpha value is -3.26. The largest absolute Gasteiger partial charge is 0.382 e. The normalized spacial score (nSPS) is 14.7. The van der Waals surface area contributed by atoms with E-state index in [-0.39, 0.29) is 12.1 Å². The summed E-state index contributed by atoms with van der Waals surface area (Å²) in [6.07, 6.45) is 4.39. The van der Waals surface area contributed by atoms with Crippen molar-refractivity contribution in [3.63, 3.8) is 0 Å². The molecule has 0 bridgehead atoms. The highest BCUT2D eigenvalue weighted by molar-refractivity contribution is 5.77. The van der Waals surface area contributed by atoms with E-state index in [4.69, 9.17) is 0 Å². The van der Waals surface area contributed by atoms with Crippen LogP contribution in [0.1, 0.15) is 24.2 Å². The SMILES string of the molecule is CC(c1ncc2ccccc2n1)C(O)(Cn1cncn1)c1ccc(F)cc1F.